The summed E-state index contributed by atoms with van der Waals surface area (Å²) in [4.78, 5) is 26.0. The Morgan fingerprint density at radius 3 is 2.43 bits per heavy atom. The van der Waals surface area contributed by atoms with Gasteiger partial charge in [-0.1, -0.05) is 0 Å². The molecule has 2 aliphatic rings. The molecule has 0 radical (unpaired) electrons. The lowest BCUT2D eigenvalue weighted by molar-refractivity contribution is 0.0781. The van der Waals surface area contributed by atoms with Crippen LogP contribution >= 0.6 is 0 Å². The number of hydrogen-bond donors (Lipinski definition) is 0. The first kappa shape index (κ1) is 14.4. The lowest BCUT2D eigenvalue weighted by Crippen LogP contribution is -2.33. The van der Waals surface area contributed by atoms with Gasteiger partial charge in [0.1, 0.15) is 5.82 Å². The molecule has 4 heterocycles. The Hall–Kier alpha value is -2.18. The highest BCUT2D eigenvalue weighted by Gasteiger charge is 2.26. The van der Waals surface area contributed by atoms with Crippen LogP contribution < -0.4 is 4.90 Å². The number of anilines is 1. The van der Waals surface area contributed by atoms with Crippen LogP contribution in [0.3, 0.4) is 0 Å². The summed E-state index contributed by atoms with van der Waals surface area (Å²) < 4.78 is 1.73. The third-order valence-electron chi connectivity index (χ3n) is 4.81. The lowest BCUT2D eigenvalue weighted by Gasteiger charge is -2.28. The molecule has 4 rings (SSSR count). The first-order valence-corrected chi connectivity index (χ1v) is 8.48. The maximum atomic E-state index is 12.7. The molecule has 2 aromatic heterocycles. The predicted octanol–water partition coefficient (Wildman–Crippen LogP) is 1.59. The Kier molecular flexibility index (Phi) is 3.63. The normalized spacial score (nSPS) is 18.8. The highest BCUT2D eigenvalue weighted by molar-refractivity contribution is 5.95. The largest absolute Gasteiger partial charge is 0.356 e. The van der Waals surface area contributed by atoms with E-state index in [9.17, 15) is 4.79 Å². The molecule has 0 aromatic carbocycles. The van der Waals surface area contributed by atoms with E-state index in [1.807, 2.05) is 18.1 Å². The van der Waals surface area contributed by atoms with Crippen molar-refractivity contribution in [3.63, 3.8) is 0 Å². The summed E-state index contributed by atoms with van der Waals surface area (Å²) in [7, 11) is 1.86. The van der Waals surface area contributed by atoms with E-state index in [1.165, 1.54) is 19.3 Å². The number of carbonyl (C=O) groups is 1. The van der Waals surface area contributed by atoms with Crippen LogP contribution in [0.5, 0.6) is 0 Å². The van der Waals surface area contributed by atoms with Gasteiger partial charge in [0.25, 0.3) is 5.91 Å². The van der Waals surface area contributed by atoms with E-state index in [2.05, 4.69) is 20.0 Å². The van der Waals surface area contributed by atoms with Gasteiger partial charge in [-0.25, -0.2) is 9.97 Å². The average Bonchev–Trinajstić information content (AvgIpc) is 3.25. The Morgan fingerprint density at radius 1 is 1.00 bits per heavy atom. The van der Waals surface area contributed by atoms with E-state index in [1.54, 1.807) is 4.68 Å². The van der Waals surface area contributed by atoms with Crippen LogP contribution in [0.4, 0.5) is 5.82 Å². The number of rotatable bonds is 2. The van der Waals surface area contributed by atoms with Crippen molar-refractivity contribution in [1.82, 2.24) is 24.6 Å². The molecule has 0 bridgehead atoms. The van der Waals surface area contributed by atoms with Crippen molar-refractivity contribution in [3.8, 4) is 0 Å². The van der Waals surface area contributed by atoms with Gasteiger partial charge in [-0.15, -0.1) is 0 Å². The molecule has 1 amide bonds. The summed E-state index contributed by atoms with van der Waals surface area (Å²) in [6, 6.07) is 0. The van der Waals surface area contributed by atoms with Crippen molar-refractivity contribution < 1.29 is 4.79 Å². The standard InChI is InChI=1S/C16H22N6O/c1-20-14-12(11-17-20)15(21-7-3-2-4-8-21)19-13(18-14)16(23)22-9-5-6-10-22/h11H,2-10H2,1H3. The first-order chi connectivity index (χ1) is 11.2. The van der Waals surface area contributed by atoms with Gasteiger partial charge < -0.3 is 9.80 Å². The zero-order chi connectivity index (χ0) is 15.8. The third kappa shape index (κ3) is 2.54. The van der Waals surface area contributed by atoms with E-state index in [4.69, 9.17) is 0 Å². The summed E-state index contributed by atoms with van der Waals surface area (Å²) in [5.74, 6) is 1.12. The number of hydrogen-bond acceptors (Lipinski definition) is 5. The van der Waals surface area contributed by atoms with Gasteiger partial charge in [0.05, 0.1) is 11.6 Å². The number of carbonyl (C=O) groups excluding carboxylic acids is 1. The highest BCUT2D eigenvalue weighted by atomic mass is 16.2. The first-order valence-electron chi connectivity index (χ1n) is 8.48. The van der Waals surface area contributed by atoms with Crippen LogP contribution in [0, 0.1) is 0 Å². The summed E-state index contributed by atoms with van der Waals surface area (Å²) in [5.41, 5.74) is 0.739. The Balaban J connectivity index is 1.78. The minimum atomic E-state index is -0.0520. The molecular weight excluding hydrogens is 292 g/mol. The molecule has 2 aromatic rings. The van der Waals surface area contributed by atoms with Gasteiger partial charge in [-0.2, -0.15) is 5.10 Å². The average molecular weight is 314 g/mol. The maximum absolute atomic E-state index is 12.7. The quantitative estimate of drug-likeness (QED) is 0.842. The van der Waals surface area contributed by atoms with Crippen LogP contribution in [-0.2, 0) is 7.05 Å². The fraction of sp³-hybridized carbons (Fsp3) is 0.625. The molecule has 2 saturated heterocycles. The molecular formula is C16H22N6O. The summed E-state index contributed by atoms with van der Waals surface area (Å²) in [6.45, 7) is 3.59. The maximum Gasteiger partial charge on any atom is 0.291 e. The van der Waals surface area contributed by atoms with Crippen molar-refractivity contribution >= 4 is 22.8 Å². The van der Waals surface area contributed by atoms with E-state index >= 15 is 0 Å². The molecule has 23 heavy (non-hydrogen) atoms. The zero-order valence-electron chi connectivity index (χ0n) is 13.5. The number of nitrogens with zero attached hydrogens (tertiary/aromatic N) is 6. The van der Waals surface area contributed by atoms with Crippen molar-refractivity contribution in [2.24, 2.45) is 7.05 Å². The summed E-state index contributed by atoms with van der Waals surface area (Å²) in [5, 5.41) is 5.25. The molecule has 0 unspecified atom stereocenters. The van der Waals surface area contributed by atoms with Crippen LogP contribution in [0.25, 0.3) is 11.0 Å². The van der Waals surface area contributed by atoms with Gasteiger partial charge in [0, 0.05) is 33.2 Å². The molecule has 7 nitrogen and oxygen atoms in total. The van der Waals surface area contributed by atoms with E-state index in [-0.39, 0.29) is 5.91 Å². The van der Waals surface area contributed by atoms with Crippen LogP contribution in [-0.4, -0.2) is 56.7 Å². The second-order valence-electron chi connectivity index (χ2n) is 6.42. The van der Waals surface area contributed by atoms with Crippen LogP contribution in [0.1, 0.15) is 42.7 Å². The van der Waals surface area contributed by atoms with Crippen molar-refractivity contribution in [2.75, 3.05) is 31.1 Å². The van der Waals surface area contributed by atoms with Crippen molar-refractivity contribution in [3.05, 3.63) is 12.0 Å². The number of fused-ring (bicyclic) bond motifs is 1. The van der Waals surface area contributed by atoms with Crippen LogP contribution in [0.15, 0.2) is 6.20 Å². The lowest BCUT2D eigenvalue weighted by atomic mass is 10.1. The van der Waals surface area contributed by atoms with Crippen molar-refractivity contribution in [2.45, 2.75) is 32.1 Å². The topological polar surface area (TPSA) is 67.2 Å². The number of piperidine rings is 1. The minimum Gasteiger partial charge on any atom is -0.356 e. The molecule has 2 fully saturated rings. The molecule has 0 N–H and O–H groups in total. The van der Waals surface area contributed by atoms with Crippen molar-refractivity contribution in [1.29, 1.82) is 0 Å². The second kappa shape index (κ2) is 5.79. The molecule has 2 aliphatic heterocycles. The fourth-order valence-corrected chi connectivity index (χ4v) is 3.51. The van der Waals surface area contributed by atoms with Crippen LogP contribution in [0.2, 0.25) is 0 Å². The molecule has 0 atom stereocenters. The minimum absolute atomic E-state index is 0.0520. The van der Waals surface area contributed by atoms with Gasteiger partial charge in [0.2, 0.25) is 5.82 Å². The Morgan fingerprint density at radius 2 is 1.70 bits per heavy atom. The molecule has 122 valence electrons. The third-order valence-corrected chi connectivity index (χ3v) is 4.81. The van der Waals surface area contributed by atoms with Gasteiger partial charge in [-0.05, 0) is 32.1 Å². The number of amides is 1. The Bertz CT molecular complexity index is 727. The van der Waals surface area contributed by atoms with Gasteiger partial charge in [0.15, 0.2) is 5.65 Å². The number of likely N-dealkylation sites (tertiary alicyclic amines) is 1. The highest BCUT2D eigenvalue weighted by Crippen LogP contribution is 2.26. The Labute approximate surface area is 135 Å². The fourth-order valence-electron chi connectivity index (χ4n) is 3.51. The SMILES string of the molecule is Cn1ncc2c(N3CCCCC3)nc(C(=O)N3CCCC3)nc21. The number of aromatic nitrogens is 4. The summed E-state index contributed by atoms with van der Waals surface area (Å²) in [6.07, 6.45) is 7.54. The number of aryl methyl sites for hydroxylation is 1. The van der Waals surface area contributed by atoms with Gasteiger partial charge in [-0.3, -0.25) is 9.48 Å². The summed E-state index contributed by atoms with van der Waals surface area (Å²) >= 11 is 0. The smallest absolute Gasteiger partial charge is 0.291 e. The van der Waals surface area contributed by atoms with E-state index < -0.39 is 0 Å². The molecule has 0 saturated carbocycles. The second-order valence-corrected chi connectivity index (χ2v) is 6.42. The van der Waals surface area contributed by atoms with E-state index in [0.717, 1.165) is 55.9 Å². The molecule has 0 aliphatic carbocycles. The van der Waals surface area contributed by atoms with E-state index in [0.29, 0.717) is 5.82 Å². The predicted molar refractivity (Wildman–Crippen MR) is 87.5 cm³/mol. The molecule has 7 heteroatoms. The monoisotopic (exact) mass is 314 g/mol. The molecule has 0 spiro atoms. The van der Waals surface area contributed by atoms with Gasteiger partial charge >= 0.3 is 0 Å². The zero-order valence-corrected chi connectivity index (χ0v) is 13.5.